The number of hydrogen-bond donors (Lipinski definition) is 2. The fourth-order valence-electron chi connectivity index (χ4n) is 4.51. The summed E-state index contributed by atoms with van der Waals surface area (Å²) < 4.78 is 4.99. The molecule has 10 nitrogen and oxygen atoms in total. The zero-order valence-corrected chi connectivity index (χ0v) is 22.5. The standard InChI is InChI=1S/C29H25ClN6O4/c1-17-11-18(6-8-21(17)27(37)35-25-14-33-26(40-2)15-32-25)16-36-24(13-20-5-3-4-10-31-20)28(38)34-23-12-19(30)7-9-22(23)29(36)39/h3-12,14-15,24H,13,16H2,1-2H3,(H,34,38)(H,32,35,37). The third kappa shape index (κ3) is 5.76. The molecule has 1 aliphatic rings. The Bertz CT molecular complexity index is 1580. The summed E-state index contributed by atoms with van der Waals surface area (Å²) in [4.78, 5) is 54.2. The smallest absolute Gasteiger partial charge is 0.257 e. The van der Waals surface area contributed by atoms with Crippen molar-refractivity contribution in [3.63, 3.8) is 0 Å². The van der Waals surface area contributed by atoms with Crippen LogP contribution in [0.25, 0.3) is 0 Å². The molecule has 0 fully saturated rings. The van der Waals surface area contributed by atoms with Crippen LogP contribution in [0.4, 0.5) is 11.5 Å². The number of methoxy groups -OCH3 is 1. The van der Waals surface area contributed by atoms with Gasteiger partial charge in [0.1, 0.15) is 6.04 Å². The highest BCUT2D eigenvalue weighted by Crippen LogP contribution is 2.29. The molecule has 2 aromatic heterocycles. The first kappa shape index (κ1) is 26.8. The number of rotatable bonds is 7. The Morgan fingerprint density at radius 1 is 1.07 bits per heavy atom. The SMILES string of the molecule is COc1cnc(NC(=O)c2ccc(CN3C(=O)c4ccc(Cl)cc4NC(=O)C3Cc3ccccn3)cc2C)cn1. The molecule has 202 valence electrons. The number of pyridine rings is 1. The summed E-state index contributed by atoms with van der Waals surface area (Å²) in [6.45, 7) is 1.94. The molecule has 1 unspecified atom stereocenters. The van der Waals surface area contributed by atoms with Crippen LogP contribution in [0.2, 0.25) is 5.02 Å². The lowest BCUT2D eigenvalue weighted by atomic mass is 10.0. The second-order valence-corrected chi connectivity index (χ2v) is 9.64. The van der Waals surface area contributed by atoms with Gasteiger partial charge in [-0.3, -0.25) is 19.4 Å². The number of carbonyl (C=O) groups excluding carboxylic acids is 3. The molecule has 3 heterocycles. The number of anilines is 2. The van der Waals surface area contributed by atoms with Gasteiger partial charge < -0.3 is 20.3 Å². The Morgan fingerprint density at radius 2 is 1.93 bits per heavy atom. The molecule has 0 bridgehead atoms. The van der Waals surface area contributed by atoms with Gasteiger partial charge >= 0.3 is 0 Å². The van der Waals surface area contributed by atoms with Crippen LogP contribution in [0.5, 0.6) is 5.88 Å². The molecule has 2 aromatic carbocycles. The molecule has 2 N–H and O–H groups in total. The van der Waals surface area contributed by atoms with Gasteiger partial charge in [0.2, 0.25) is 11.8 Å². The van der Waals surface area contributed by atoms with Crippen LogP contribution in [0.3, 0.4) is 0 Å². The molecule has 0 saturated heterocycles. The second-order valence-electron chi connectivity index (χ2n) is 9.20. The van der Waals surface area contributed by atoms with Crippen LogP contribution in [0.15, 0.2) is 73.2 Å². The summed E-state index contributed by atoms with van der Waals surface area (Å²) in [6.07, 6.45) is 4.69. The lowest BCUT2D eigenvalue weighted by Crippen LogP contribution is -2.46. The highest BCUT2D eigenvalue weighted by atomic mass is 35.5. The van der Waals surface area contributed by atoms with E-state index in [9.17, 15) is 14.4 Å². The van der Waals surface area contributed by atoms with Crippen molar-refractivity contribution in [2.75, 3.05) is 17.7 Å². The summed E-state index contributed by atoms with van der Waals surface area (Å²) in [5.41, 5.74) is 3.26. The highest BCUT2D eigenvalue weighted by molar-refractivity contribution is 6.31. The van der Waals surface area contributed by atoms with E-state index in [0.29, 0.717) is 39.0 Å². The number of amides is 3. The van der Waals surface area contributed by atoms with Gasteiger partial charge in [-0.1, -0.05) is 29.8 Å². The van der Waals surface area contributed by atoms with Crippen LogP contribution < -0.4 is 15.4 Å². The number of carbonyl (C=O) groups is 3. The monoisotopic (exact) mass is 556 g/mol. The third-order valence-electron chi connectivity index (χ3n) is 6.51. The lowest BCUT2D eigenvalue weighted by molar-refractivity contribution is -0.120. The number of nitrogens with zero attached hydrogens (tertiary/aromatic N) is 4. The number of ether oxygens (including phenoxy) is 1. The highest BCUT2D eigenvalue weighted by Gasteiger charge is 2.36. The van der Waals surface area contributed by atoms with Gasteiger partial charge in [-0.05, 0) is 54.4 Å². The molecule has 4 aromatic rings. The topological polar surface area (TPSA) is 126 Å². The summed E-state index contributed by atoms with van der Waals surface area (Å²) in [5.74, 6) is -0.390. The quantitative estimate of drug-likeness (QED) is 0.347. The van der Waals surface area contributed by atoms with Gasteiger partial charge in [-0.25, -0.2) is 9.97 Å². The van der Waals surface area contributed by atoms with Gasteiger partial charge in [-0.2, -0.15) is 0 Å². The first-order valence-corrected chi connectivity index (χ1v) is 12.8. The van der Waals surface area contributed by atoms with Crippen molar-refractivity contribution in [1.82, 2.24) is 19.9 Å². The Hall–Kier alpha value is -4.83. The Morgan fingerprint density at radius 3 is 2.62 bits per heavy atom. The van der Waals surface area contributed by atoms with E-state index in [0.717, 1.165) is 5.56 Å². The van der Waals surface area contributed by atoms with E-state index in [1.807, 2.05) is 18.2 Å². The lowest BCUT2D eigenvalue weighted by Gasteiger charge is -2.29. The van der Waals surface area contributed by atoms with Crippen molar-refractivity contribution >= 4 is 40.8 Å². The molecule has 0 aliphatic carbocycles. The summed E-state index contributed by atoms with van der Waals surface area (Å²) in [5, 5.41) is 5.99. The van der Waals surface area contributed by atoms with E-state index in [2.05, 4.69) is 25.6 Å². The first-order valence-electron chi connectivity index (χ1n) is 12.4. The molecule has 0 spiro atoms. The first-order chi connectivity index (χ1) is 19.3. The van der Waals surface area contributed by atoms with E-state index < -0.39 is 6.04 Å². The number of aryl methyl sites for hydroxylation is 1. The maximum atomic E-state index is 13.8. The van der Waals surface area contributed by atoms with Crippen molar-refractivity contribution in [2.45, 2.75) is 25.9 Å². The van der Waals surface area contributed by atoms with Gasteiger partial charge in [0, 0.05) is 35.4 Å². The average Bonchev–Trinajstić information content (AvgIpc) is 3.03. The van der Waals surface area contributed by atoms with Crippen molar-refractivity contribution in [2.24, 2.45) is 0 Å². The molecular weight excluding hydrogens is 532 g/mol. The van der Waals surface area contributed by atoms with Gasteiger partial charge in [0.05, 0.1) is 30.8 Å². The molecule has 11 heteroatoms. The van der Waals surface area contributed by atoms with E-state index in [4.69, 9.17) is 16.3 Å². The number of nitrogens with one attached hydrogen (secondary N) is 2. The predicted octanol–water partition coefficient (Wildman–Crippen LogP) is 4.30. The van der Waals surface area contributed by atoms with Crippen molar-refractivity contribution in [3.05, 3.63) is 106 Å². The number of halogens is 1. The number of aromatic nitrogens is 3. The fourth-order valence-corrected chi connectivity index (χ4v) is 4.68. The molecule has 0 saturated carbocycles. The molecule has 40 heavy (non-hydrogen) atoms. The fraction of sp³-hybridized carbons (Fsp3) is 0.172. The van der Waals surface area contributed by atoms with E-state index in [-0.39, 0.29) is 36.5 Å². The van der Waals surface area contributed by atoms with Crippen LogP contribution in [-0.2, 0) is 17.8 Å². The molecule has 1 atom stereocenters. The molecule has 5 rings (SSSR count). The summed E-state index contributed by atoms with van der Waals surface area (Å²) in [6, 6.07) is 14.7. The number of benzene rings is 2. The van der Waals surface area contributed by atoms with Gasteiger partial charge in [0.15, 0.2) is 5.82 Å². The van der Waals surface area contributed by atoms with Crippen molar-refractivity contribution in [1.29, 1.82) is 0 Å². The van der Waals surface area contributed by atoms with Crippen LogP contribution in [0.1, 0.15) is 37.5 Å². The van der Waals surface area contributed by atoms with Crippen LogP contribution in [-0.4, -0.2) is 50.7 Å². The van der Waals surface area contributed by atoms with Gasteiger partial charge in [-0.15, -0.1) is 0 Å². The van der Waals surface area contributed by atoms with Gasteiger partial charge in [0.25, 0.3) is 11.8 Å². The molecule has 0 radical (unpaired) electrons. The average molecular weight is 557 g/mol. The Kier molecular flexibility index (Phi) is 7.70. The Labute approximate surface area is 235 Å². The molecule has 1 aliphatic heterocycles. The summed E-state index contributed by atoms with van der Waals surface area (Å²) in [7, 11) is 1.48. The number of hydrogen-bond acceptors (Lipinski definition) is 7. The maximum absolute atomic E-state index is 13.8. The third-order valence-corrected chi connectivity index (χ3v) is 6.74. The normalized spacial score (nSPS) is 14.7. The van der Waals surface area contributed by atoms with Crippen LogP contribution in [0, 0.1) is 6.92 Å². The molecular formula is C29H25ClN6O4. The summed E-state index contributed by atoms with van der Waals surface area (Å²) >= 11 is 6.15. The second kappa shape index (κ2) is 11.5. The zero-order valence-electron chi connectivity index (χ0n) is 21.7. The predicted molar refractivity (Wildman–Crippen MR) is 149 cm³/mol. The maximum Gasteiger partial charge on any atom is 0.257 e. The number of fused-ring (bicyclic) bond motifs is 1. The van der Waals surface area contributed by atoms with Crippen LogP contribution >= 0.6 is 11.6 Å². The minimum atomic E-state index is -0.828. The van der Waals surface area contributed by atoms with Crippen molar-refractivity contribution < 1.29 is 19.1 Å². The Balaban J connectivity index is 1.42. The van der Waals surface area contributed by atoms with E-state index in [1.54, 1.807) is 49.5 Å². The largest absolute Gasteiger partial charge is 0.480 e. The minimum Gasteiger partial charge on any atom is -0.480 e. The van der Waals surface area contributed by atoms with E-state index in [1.165, 1.54) is 24.4 Å². The minimum absolute atomic E-state index is 0.137. The zero-order chi connectivity index (χ0) is 28.2. The molecule has 3 amide bonds. The van der Waals surface area contributed by atoms with E-state index >= 15 is 0 Å². The van der Waals surface area contributed by atoms with Crippen molar-refractivity contribution in [3.8, 4) is 5.88 Å².